The Bertz CT molecular complexity index is 665. The van der Waals surface area contributed by atoms with E-state index in [-0.39, 0.29) is 16.2 Å². The second-order valence-electron chi connectivity index (χ2n) is 5.59. The third-order valence-corrected chi connectivity index (χ3v) is 6.07. The number of esters is 1. The van der Waals surface area contributed by atoms with Gasteiger partial charge in [0.05, 0.1) is 23.5 Å². The molecule has 0 radical (unpaired) electrons. The summed E-state index contributed by atoms with van der Waals surface area (Å²) in [4.78, 5) is 12.2. The van der Waals surface area contributed by atoms with E-state index in [1.165, 1.54) is 19.2 Å². The quantitative estimate of drug-likeness (QED) is 0.839. The molecule has 0 spiro atoms. The van der Waals surface area contributed by atoms with Crippen molar-refractivity contribution in [2.75, 3.05) is 7.11 Å². The van der Waals surface area contributed by atoms with Crippen LogP contribution in [0.25, 0.3) is 0 Å². The van der Waals surface area contributed by atoms with Gasteiger partial charge in [0.25, 0.3) is 0 Å². The molecule has 2 rings (SSSR count). The fourth-order valence-electron chi connectivity index (χ4n) is 2.99. The zero-order chi connectivity index (χ0) is 16.4. The van der Waals surface area contributed by atoms with Crippen molar-refractivity contribution in [3.63, 3.8) is 0 Å². The van der Waals surface area contributed by atoms with Gasteiger partial charge >= 0.3 is 5.97 Å². The van der Waals surface area contributed by atoms with Crippen molar-refractivity contribution in [1.29, 1.82) is 0 Å². The number of aliphatic hydroxyl groups excluding tert-OH is 1. The average molecular weight is 324 g/mol. The Morgan fingerprint density at radius 2 is 2.05 bits per heavy atom. The van der Waals surface area contributed by atoms with E-state index in [1.807, 2.05) is 0 Å². The van der Waals surface area contributed by atoms with Crippen molar-refractivity contribution in [3.05, 3.63) is 41.8 Å². The molecule has 0 aromatic heterocycles. The van der Waals surface area contributed by atoms with E-state index in [4.69, 9.17) is 4.74 Å². The van der Waals surface area contributed by atoms with Gasteiger partial charge in [-0.1, -0.05) is 24.8 Å². The van der Waals surface area contributed by atoms with Crippen LogP contribution in [0.15, 0.2) is 46.7 Å². The van der Waals surface area contributed by atoms with Crippen LogP contribution in [0.4, 0.5) is 0 Å². The van der Waals surface area contributed by atoms with Gasteiger partial charge < -0.3 is 9.84 Å². The molecule has 6 heteroatoms. The lowest BCUT2D eigenvalue weighted by Gasteiger charge is -2.30. The third kappa shape index (κ3) is 2.80. The molecule has 1 aromatic rings. The van der Waals surface area contributed by atoms with Crippen LogP contribution in [-0.4, -0.2) is 32.7 Å². The zero-order valence-corrected chi connectivity index (χ0v) is 13.3. The van der Waals surface area contributed by atoms with Crippen LogP contribution in [0.3, 0.4) is 0 Å². The number of methoxy groups -OCH3 is 1. The van der Waals surface area contributed by atoms with E-state index in [0.717, 1.165) is 0 Å². The van der Waals surface area contributed by atoms with E-state index in [2.05, 4.69) is 6.58 Å². The lowest BCUT2D eigenvalue weighted by molar-refractivity contribution is -0.158. The van der Waals surface area contributed by atoms with Gasteiger partial charge in [-0.25, -0.2) is 8.42 Å². The first-order valence-corrected chi connectivity index (χ1v) is 8.57. The molecule has 1 saturated carbocycles. The molecule has 120 valence electrons. The third-order valence-electron chi connectivity index (χ3n) is 4.28. The molecule has 1 fully saturated rings. The number of hydrogen-bond donors (Lipinski definition) is 1. The van der Waals surface area contributed by atoms with E-state index < -0.39 is 27.3 Å². The highest BCUT2D eigenvalue weighted by Crippen LogP contribution is 2.45. The first-order chi connectivity index (χ1) is 10.3. The molecule has 0 saturated heterocycles. The van der Waals surface area contributed by atoms with Gasteiger partial charge in [-0.15, -0.1) is 0 Å². The highest BCUT2D eigenvalue weighted by atomic mass is 32.2. The largest absolute Gasteiger partial charge is 0.469 e. The van der Waals surface area contributed by atoms with Crippen molar-refractivity contribution >= 4 is 15.8 Å². The minimum atomic E-state index is -3.74. The molecule has 1 aliphatic rings. The fraction of sp³-hybridized carbons (Fsp3) is 0.438. The molecule has 5 nitrogen and oxygen atoms in total. The maximum Gasteiger partial charge on any atom is 0.314 e. The molecule has 0 unspecified atom stereocenters. The number of rotatable bonds is 5. The van der Waals surface area contributed by atoms with Crippen LogP contribution >= 0.6 is 0 Å². The van der Waals surface area contributed by atoms with Gasteiger partial charge in [0, 0.05) is 11.3 Å². The number of aliphatic hydroxyl groups is 1. The lowest BCUT2D eigenvalue weighted by Crippen LogP contribution is -2.40. The average Bonchev–Trinajstić information content (AvgIpc) is 2.89. The van der Waals surface area contributed by atoms with Gasteiger partial charge in [0.1, 0.15) is 0 Å². The normalized spacial score (nSPS) is 24.9. The maximum absolute atomic E-state index is 12.5. The zero-order valence-electron chi connectivity index (χ0n) is 12.5. The second-order valence-corrected chi connectivity index (χ2v) is 7.64. The smallest absolute Gasteiger partial charge is 0.314 e. The number of carbonyl (C=O) groups excluding carboxylic acids is 1. The van der Waals surface area contributed by atoms with Gasteiger partial charge in [0.2, 0.25) is 9.84 Å². The lowest BCUT2D eigenvalue weighted by atomic mass is 9.80. The predicted molar refractivity (Wildman–Crippen MR) is 81.7 cm³/mol. The number of carbonyl (C=O) groups is 1. The van der Waals surface area contributed by atoms with Crippen molar-refractivity contribution < 1.29 is 23.1 Å². The summed E-state index contributed by atoms with van der Waals surface area (Å²) in [6.07, 6.45) is 0.452. The summed E-state index contributed by atoms with van der Waals surface area (Å²) in [6.45, 7) is 3.66. The van der Waals surface area contributed by atoms with Crippen molar-refractivity contribution in [3.8, 4) is 0 Å². The van der Waals surface area contributed by atoms with Crippen molar-refractivity contribution in [2.45, 2.75) is 36.7 Å². The molecule has 0 heterocycles. The van der Waals surface area contributed by atoms with E-state index >= 15 is 0 Å². The van der Waals surface area contributed by atoms with Crippen molar-refractivity contribution in [2.24, 2.45) is 5.41 Å². The summed E-state index contributed by atoms with van der Waals surface area (Å²) < 4.78 is 29.9. The van der Waals surface area contributed by atoms with Gasteiger partial charge in [-0.05, 0) is 31.4 Å². The van der Waals surface area contributed by atoms with E-state index in [9.17, 15) is 18.3 Å². The number of sulfone groups is 1. The monoisotopic (exact) mass is 324 g/mol. The first-order valence-electron chi connectivity index (χ1n) is 7.09. The summed E-state index contributed by atoms with van der Waals surface area (Å²) in [5.41, 5.74) is -1.21. The van der Waals surface area contributed by atoms with Gasteiger partial charge in [-0.2, -0.15) is 0 Å². The molecule has 0 amide bonds. The summed E-state index contributed by atoms with van der Waals surface area (Å²) >= 11 is 0. The van der Waals surface area contributed by atoms with Crippen molar-refractivity contribution in [1.82, 2.24) is 0 Å². The van der Waals surface area contributed by atoms with E-state index in [0.29, 0.717) is 19.3 Å². The Kier molecular flexibility index (Phi) is 4.72. The maximum atomic E-state index is 12.5. The highest BCUT2D eigenvalue weighted by molar-refractivity contribution is 7.95. The Morgan fingerprint density at radius 1 is 1.41 bits per heavy atom. The van der Waals surface area contributed by atoms with Crippen LogP contribution < -0.4 is 0 Å². The minimum absolute atomic E-state index is 0.0787. The highest BCUT2D eigenvalue weighted by Gasteiger charge is 2.50. The molecule has 1 aliphatic carbocycles. The summed E-state index contributed by atoms with van der Waals surface area (Å²) in [5, 5.41) is 10.2. The van der Waals surface area contributed by atoms with Crippen LogP contribution in [0.2, 0.25) is 0 Å². The standard InChI is InChI=1S/C16H20O5S/c1-12(22(19,20)13-7-4-3-5-8-13)11-16(15(18)21-2)10-6-9-14(16)17/h3-5,7-8,14,17H,1,6,9-11H2,2H3/t14-,16+/m0/s1. The molecule has 22 heavy (non-hydrogen) atoms. The Balaban J connectivity index is 2.32. The molecule has 1 aromatic carbocycles. The van der Waals surface area contributed by atoms with Gasteiger partial charge in [0.15, 0.2) is 0 Å². The summed E-state index contributed by atoms with van der Waals surface area (Å²) in [5.74, 6) is -0.582. The van der Waals surface area contributed by atoms with Crippen LogP contribution in [0.1, 0.15) is 25.7 Å². The fourth-order valence-corrected chi connectivity index (χ4v) is 4.28. The Labute approximate surface area is 130 Å². The topological polar surface area (TPSA) is 80.7 Å². The summed E-state index contributed by atoms with van der Waals surface area (Å²) in [7, 11) is -2.50. The Morgan fingerprint density at radius 3 is 2.55 bits per heavy atom. The Hall–Kier alpha value is -1.66. The molecule has 0 bridgehead atoms. The van der Waals surface area contributed by atoms with Crippen LogP contribution in [0.5, 0.6) is 0 Å². The van der Waals surface area contributed by atoms with E-state index in [1.54, 1.807) is 18.2 Å². The molecule has 1 N–H and O–H groups in total. The number of benzene rings is 1. The predicted octanol–water partition coefficient (Wildman–Crippen LogP) is 2.07. The number of allylic oxidation sites excluding steroid dienone is 1. The minimum Gasteiger partial charge on any atom is -0.469 e. The number of hydrogen-bond acceptors (Lipinski definition) is 5. The molecule has 0 aliphatic heterocycles. The second kappa shape index (κ2) is 6.22. The first kappa shape index (κ1) is 16.7. The van der Waals surface area contributed by atoms with Crippen LogP contribution in [0, 0.1) is 5.41 Å². The van der Waals surface area contributed by atoms with Crippen LogP contribution in [-0.2, 0) is 19.4 Å². The molecule has 2 atom stereocenters. The van der Waals surface area contributed by atoms with Gasteiger partial charge in [-0.3, -0.25) is 4.79 Å². The number of ether oxygens (including phenoxy) is 1. The SMILES string of the molecule is C=C(C[C@]1(C(=O)OC)CCC[C@@H]1O)S(=O)(=O)c1ccccc1. The molecular formula is C16H20O5S. The molecular weight excluding hydrogens is 304 g/mol. The summed E-state index contributed by atoms with van der Waals surface area (Å²) in [6, 6.07) is 7.94.